The van der Waals surface area contributed by atoms with E-state index in [1.165, 1.54) is 11.8 Å². The highest BCUT2D eigenvalue weighted by molar-refractivity contribution is 5.83. The van der Waals surface area contributed by atoms with Crippen molar-refractivity contribution in [2.45, 2.75) is 58.3 Å². The Bertz CT molecular complexity index is 1020. The van der Waals surface area contributed by atoms with E-state index in [2.05, 4.69) is 5.32 Å². The van der Waals surface area contributed by atoms with Crippen LogP contribution in [0.25, 0.3) is 0 Å². The zero-order valence-electron chi connectivity index (χ0n) is 19.3. The summed E-state index contributed by atoms with van der Waals surface area (Å²) in [6.07, 6.45) is -0.350. The number of carbonyl (C=O) groups is 3. The van der Waals surface area contributed by atoms with Crippen molar-refractivity contribution in [1.29, 1.82) is 0 Å². The van der Waals surface area contributed by atoms with Crippen molar-refractivity contribution in [3.05, 3.63) is 65.2 Å². The number of rotatable bonds is 7. The van der Waals surface area contributed by atoms with E-state index in [4.69, 9.17) is 9.47 Å². The minimum Gasteiger partial charge on any atom is -0.491 e. The molecule has 1 aliphatic heterocycles. The maximum absolute atomic E-state index is 12.6. The van der Waals surface area contributed by atoms with E-state index in [9.17, 15) is 19.5 Å². The first-order valence-electron chi connectivity index (χ1n) is 10.8. The van der Waals surface area contributed by atoms with Crippen LogP contribution in [0.5, 0.6) is 5.75 Å². The van der Waals surface area contributed by atoms with Crippen LogP contribution in [-0.2, 0) is 27.3 Å². The number of ether oxygens (including phenoxy) is 2. The molecule has 2 aromatic rings. The molecule has 0 saturated heterocycles. The largest absolute Gasteiger partial charge is 0.491 e. The van der Waals surface area contributed by atoms with Crippen molar-refractivity contribution < 1.29 is 29.0 Å². The third kappa shape index (κ3) is 6.25. The Morgan fingerprint density at radius 1 is 1.15 bits per heavy atom. The van der Waals surface area contributed by atoms with E-state index in [-0.39, 0.29) is 25.5 Å². The molecule has 33 heavy (non-hydrogen) atoms. The molecule has 0 fully saturated rings. The number of alkyl carbamates (subject to hydrolysis) is 1. The average molecular weight is 455 g/mol. The molecule has 2 aromatic carbocycles. The van der Waals surface area contributed by atoms with E-state index in [1.807, 2.05) is 42.5 Å². The Kier molecular flexibility index (Phi) is 7.26. The van der Waals surface area contributed by atoms with Crippen LogP contribution in [-0.4, -0.2) is 46.2 Å². The molecule has 0 radical (unpaired) electrons. The highest BCUT2D eigenvalue weighted by Crippen LogP contribution is 2.38. The van der Waals surface area contributed by atoms with Crippen molar-refractivity contribution in [3.8, 4) is 5.75 Å². The number of amides is 2. The van der Waals surface area contributed by atoms with Gasteiger partial charge in [0, 0.05) is 25.5 Å². The van der Waals surface area contributed by atoms with Crippen molar-refractivity contribution >= 4 is 18.0 Å². The number of nitrogens with one attached hydrogen (secondary N) is 1. The number of fused-ring (bicyclic) bond motifs is 1. The average Bonchev–Trinajstić information content (AvgIpc) is 3.14. The molecule has 2 N–H and O–H groups in total. The number of aliphatic carboxylic acids is 1. The first-order valence-corrected chi connectivity index (χ1v) is 10.8. The number of carbonyl (C=O) groups excluding carboxylic acids is 2. The molecule has 0 spiro atoms. The van der Waals surface area contributed by atoms with Gasteiger partial charge in [-0.3, -0.25) is 4.79 Å². The third-order valence-corrected chi connectivity index (χ3v) is 5.26. The molecule has 0 aromatic heterocycles. The first-order chi connectivity index (χ1) is 15.5. The fourth-order valence-electron chi connectivity index (χ4n) is 3.87. The molecule has 2 amide bonds. The molecule has 0 bridgehead atoms. The Hall–Kier alpha value is -3.55. The second-order valence-electron chi connectivity index (χ2n) is 9.02. The van der Waals surface area contributed by atoms with Gasteiger partial charge in [0.1, 0.15) is 24.0 Å². The summed E-state index contributed by atoms with van der Waals surface area (Å²) >= 11 is 0. The van der Waals surface area contributed by atoms with Crippen LogP contribution >= 0.6 is 0 Å². The van der Waals surface area contributed by atoms with Gasteiger partial charge in [0.25, 0.3) is 0 Å². The van der Waals surface area contributed by atoms with Crippen LogP contribution in [0.4, 0.5) is 4.79 Å². The Labute approximate surface area is 193 Å². The molecule has 8 heteroatoms. The maximum atomic E-state index is 12.6. The summed E-state index contributed by atoms with van der Waals surface area (Å²) in [5.41, 5.74) is 1.72. The van der Waals surface area contributed by atoms with Crippen LogP contribution in [0.15, 0.2) is 48.5 Å². The number of nitrogens with zero attached hydrogens (tertiary/aromatic N) is 1. The lowest BCUT2D eigenvalue weighted by molar-refractivity contribution is -0.151. The van der Waals surface area contributed by atoms with Crippen LogP contribution in [0.1, 0.15) is 50.4 Å². The summed E-state index contributed by atoms with van der Waals surface area (Å²) in [4.78, 5) is 38.2. The van der Waals surface area contributed by atoms with Gasteiger partial charge in [-0.05, 0) is 44.0 Å². The molecular formula is C25H30N2O6. The summed E-state index contributed by atoms with van der Waals surface area (Å²) in [7, 11) is 0. The molecule has 176 valence electrons. The molecular weight excluding hydrogens is 424 g/mol. The Morgan fingerprint density at radius 3 is 2.45 bits per heavy atom. The van der Waals surface area contributed by atoms with Crippen LogP contribution in [0.2, 0.25) is 0 Å². The molecule has 1 heterocycles. The number of hydrogen-bond acceptors (Lipinski definition) is 5. The molecule has 0 saturated carbocycles. The second-order valence-corrected chi connectivity index (χ2v) is 9.02. The zero-order valence-corrected chi connectivity index (χ0v) is 19.3. The summed E-state index contributed by atoms with van der Waals surface area (Å²) < 4.78 is 11.0. The summed E-state index contributed by atoms with van der Waals surface area (Å²) in [5, 5.41) is 12.7. The number of carboxylic acids is 1. The fraction of sp³-hybridized carbons (Fsp3) is 0.400. The quantitative estimate of drug-likeness (QED) is 0.661. The van der Waals surface area contributed by atoms with Crippen LogP contribution in [0.3, 0.4) is 0 Å². The topological polar surface area (TPSA) is 105 Å². The highest BCUT2D eigenvalue weighted by atomic mass is 16.6. The van der Waals surface area contributed by atoms with Gasteiger partial charge < -0.3 is 24.8 Å². The van der Waals surface area contributed by atoms with Crippen molar-refractivity contribution in [3.63, 3.8) is 0 Å². The lowest BCUT2D eigenvalue weighted by Gasteiger charge is -2.33. The Balaban J connectivity index is 1.82. The van der Waals surface area contributed by atoms with Gasteiger partial charge in [-0.2, -0.15) is 0 Å². The second kappa shape index (κ2) is 9.94. The van der Waals surface area contributed by atoms with E-state index in [0.29, 0.717) is 11.3 Å². The molecule has 8 nitrogen and oxygen atoms in total. The van der Waals surface area contributed by atoms with Gasteiger partial charge in [-0.1, -0.05) is 36.4 Å². The van der Waals surface area contributed by atoms with Gasteiger partial charge in [-0.25, -0.2) is 9.59 Å². The fourth-order valence-corrected chi connectivity index (χ4v) is 3.87. The lowest BCUT2D eigenvalue weighted by Crippen LogP contribution is -2.48. The van der Waals surface area contributed by atoms with Crippen molar-refractivity contribution in [1.82, 2.24) is 10.2 Å². The van der Waals surface area contributed by atoms with Crippen LogP contribution in [0, 0.1) is 0 Å². The smallest absolute Gasteiger partial charge is 0.407 e. The standard InChI is InChI=1S/C25H30N2O6/c1-16(28)27(20(23(29)30)13-17-8-6-5-7-9-17)21-15-32-22-11-10-18(12-19(21)22)14-26-24(31)33-25(2,3)4/h5-12,20-21H,13-15H2,1-4H3,(H,26,31)(H,29,30)/t20-,21?/m0/s1. The van der Waals surface area contributed by atoms with E-state index in [1.54, 1.807) is 26.8 Å². The predicted octanol–water partition coefficient (Wildman–Crippen LogP) is 3.69. The monoisotopic (exact) mass is 454 g/mol. The van der Waals surface area contributed by atoms with E-state index in [0.717, 1.165) is 11.1 Å². The summed E-state index contributed by atoms with van der Waals surface area (Å²) in [6, 6.07) is 13.0. The maximum Gasteiger partial charge on any atom is 0.407 e. The zero-order chi connectivity index (χ0) is 24.2. The van der Waals surface area contributed by atoms with Gasteiger partial charge in [0.05, 0.1) is 6.04 Å². The van der Waals surface area contributed by atoms with Crippen molar-refractivity contribution in [2.75, 3.05) is 6.61 Å². The molecule has 0 aliphatic carbocycles. The first kappa shape index (κ1) is 24.1. The van der Waals surface area contributed by atoms with Crippen LogP contribution < -0.4 is 10.1 Å². The summed E-state index contributed by atoms with van der Waals surface area (Å²) in [5.74, 6) is -0.835. The Morgan fingerprint density at radius 2 is 1.85 bits per heavy atom. The molecule has 3 rings (SSSR count). The van der Waals surface area contributed by atoms with E-state index < -0.39 is 29.7 Å². The number of benzene rings is 2. The summed E-state index contributed by atoms with van der Waals surface area (Å²) in [6.45, 7) is 7.11. The molecule has 1 aliphatic rings. The number of carboxylic acid groups (broad SMARTS) is 1. The van der Waals surface area contributed by atoms with Gasteiger partial charge in [-0.15, -0.1) is 0 Å². The van der Waals surface area contributed by atoms with E-state index >= 15 is 0 Å². The van der Waals surface area contributed by atoms with Gasteiger partial charge >= 0.3 is 12.1 Å². The SMILES string of the molecule is CC(=O)N(C1COc2ccc(CNC(=O)OC(C)(C)C)cc21)[C@@H](Cc1ccccc1)C(=O)O. The minimum atomic E-state index is -1.08. The predicted molar refractivity (Wildman–Crippen MR) is 122 cm³/mol. The number of hydrogen-bond donors (Lipinski definition) is 2. The van der Waals surface area contributed by atoms with Gasteiger partial charge in [0.15, 0.2) is 0 Å². The van der Waals surface area contributed by atoms with Crippen molar-refractivity contribution in [2.24, 2.45) is 0 Å². The third-order valence-electron chi connectivity index (χ3n) is 5.26. The lowest BCUT2D eigenvalue weighted by atomic mass is 9.98. The normalized spacial score (nSPS) is 15.7. The minimum absolute atomic E-state index is 0.163. The van der Waals surface area contributed by atoms with Gasteiger partial charge in [0.2, 0.25) is 5.91 Å². The molecule has 2 atom stereocenters. The highest BCUT2D eigenvalue weighted by Gasteiger charge is 2.38. The molecule has 1 unspecified atom stereocenters.